The fourth-order valence-electron chi connectivity index (χ4n) is 3.48. The maximum atomic E-state index is 14.1. The van der Waals surface area contributed by atoms with Crippen molar-refractivity contribution in [2.45, 2.75) is 18.6 Å². The number of amidine groups is 1. The van der Waals surface area contributed by atoms with E-state index in [0.717, 1.165) is 29.7 Å². The van der Waals surface area contributed by atoms with Crippen LogP contribution >= 0.6 is 11.3 Å². The number of amides is 1. The second-order valence-electron chi connectivity index (χ2n) is 7.62. The Kier molecular flexibility index (Phi) is 7.16. The van der Waals surface area contributed by atoms with Crippen LogP contribution in [0.5, 0.6) is 0 Å². The van der Waals surface area contributed by atoms with E-state index < -0.39 is 29.2 Å². The Morgan fingerprint density at radius 3 is 2.81 bits per heavy atom. The van der Waals surface area contributed by atoms with E-state index in [1.807, 2.05) is 0 Å². The normalized spacial score (nSPS) is 20.5. The van der Waals surface area contributed by atoms with Crippen molar-refractivity contribution in [3.05, 3.63) is 35.5 Å². The molecule has 32 heavy (non-hydrogen) atoms. The third-order valence-corrected chi connectivity index (χ3v) is 5.83. The molecule has 12 heteroatoms. The first-order valence-electron chi connectivity index (χ1n) is 9.83. The molecule has 1 aliphatic rings. The summed E-state index contributed by atoms with van der Waals surface area (Å²) in [4.78, 5) is 22.9. The summed E-state index contributed by atoms with van der Waals surface area (Å²) in [5.74, 6) is -1.96. The Hall–Kier alpha value is -2.96. The molecule has 2 aromatic rings. The van der Waals surface area contributed by atoms with Crippen LogP contribution in [0.25, 0.3) is 10.6 Å². The van der Waals surface area contributed by atoms with Crippen LogP contribution in [0.1, 0.15) is 17.4 Å². The average molecular weight is 466 g/mol. The van der Waals surface area contributed by atoms with Crippen LogP contribution in [-0.2, 0) is 0 Å². The van der Waals surface area contributed by atoms with Gasteiger partial charge in [0.1, 0.15) is 33.5 Å². The van der Waals surface area contributed by atoms with Gasteiger partial charge in [-0.1, -0.05) is 17.4 Å². The SMILES string of the molecule is CN=C(C(C=N)NC(=O)c1nc(-c2c(F)cccc2F)sc1N)N1CCNCC(C)(O)C1. The first kappa shape index (κ1) is 23.7. The molecule has 1 amide bonds. The molecule has 1 saturated heterocycles. The van der Waals surface area contributed by atoms with E-state index >= 15 is 0 Å². The molecular weight excluding hydrogens is 440 g/mol. The molecule has 2 heterocycles. The molecule has 6 N–H and O–H groups in total. The molecule has 0 aliphatic carbocycles. The summed E-state index contributed by atoms with van der Waals surface area (Å²) >= 11 is 0.790. The molecule has 1 aromatic heterocycles. The number of thiazole rings is 1. The Morgan fingerprint density at radius 1 is 1.50 bits per heavy atom. The summed E-state index contributed by atoms with van der Waals surface area (Å²) < 4.78 is 28.2. The number of aliphatic imine (C=N–C) groups is 1. The lowest BCUT2D eigenvalue weighted by atomic mass is 10.1. The molecule has 0 radical (unpaired) electrons. The number of nitrogens with one attached hydrogen (secondary N) is 3. The minimum Gasteiger partial charge on any atom is -0.389 e. The van der Waals surface area contributed by atoms with E-state index in [1.165, 1.54) is 13.1 Å². The molecule has 2 atom stereocenters. The molecule has 1 aromatic carbocycles. The van der Waals surface area contributed by atoms with E-state index in [4.69, 9.17) is 11.1 Å². The molecule has 0 bridgehead atoms. The maximum absolute atomic E-state index is 14.1. The second-order valence-corrected chi connectivity index (χ2v) is 8.65. The minimum absolute atomic E-state index is 0.0132. The molecule has 1 aliphatic heterocycles. The van der Waals surface area contributed by atoms with Crippen LogP contribution in [0, 0.1) is 17.0 Å². The number of β-amino-alcohol motifs (C(OH)–C–C–N with tert-alkyl or cyclic N) is 1. The zero-order valence-corrected chi connectivity index (χ0v) is 18.5. The molecule has 172 valence electrons. The predicted octanol–water partition coefficient (Wildman–Crippen LogP) is 1.10. The standard InChI is InChI=1S/C20H25F2N7O2S/c1-20(31)9-26-6-7-29(10-20)17(25-2)13(8-23)27-18(30)15-16(24)32-19(28-15)14-11(21)4-3-5-12(14)22/h3-5,8,13,23,26,31H,6-7,9-10,24H2,1-2H3,(H,27,30). The number of nitrogens with zero attached hydrogens (tertiary/aromatic N) is 3. The number of benzene rings is 1. The fraction of sp³-hybridized carbons (Fsp3) is 0.400. The van der Waals surface area contributed by atoms with Crippen LogP contribution in [0.15, 0.2) is 23.2 Å². The highest BCUT2D eigenvalue weighted by Gasteiger charge is 2.32. The van der Waals surface area contributed by atoms with Crippen molar-refractivity contribution in [1.82, 2.24) is 20.5 Å². The number of nitrogens with two attached hydrogens (primary N) is 1. The van der Waals surface area contributed by atoms with Gasteiger partial charge in [0, 0.05) is 39.4 Å². The van der Waals surface area contributed by atoms with Crippen molar-refractivity contribution in [3.8, 4) is 10.6 Å². The summed E-state index contributed by atoms with van der Waals surface area (Å²) in [6.45, 7) is 3.43. The average Bonchev–Trinajstić information content (AvgIpc) is 3.01. The van der Waals surface area contributed by atoms with Gasteiger partial charge in [-0.05, 0) is 19.1 Å². The first-order valence-corrected chi connectivity index (χ1v) is 10.7. The Balaban J connectivity index is 1.83. The molecule has 0 saturated carbocycles. The number of nitrogen functional groups attached to an aromatic ring is 1. The molecule has 9 nitrogen and oxygen atoms in total. The van der Waals surface area contributed by atoms with Crippen LogP contribution in [-0.4, -0.2) is 77.8 Å². The van der Waals surface area contributed by atoms with Gasteiger partial charge in [-0.2, -0.15) is 0 Å². The number of aliphatic hydroxyl groups is 1. The highest BCUT2D eigenvalue weighted by atomic mass is 32.1. The van der Waals surface area contributed by atoms with Crippen LogP contribution in [0.4, 0.5) is 13.8 Å². The monoisotopic (exact) mass is 465 g/mol. The molecule has 2 unspecified atom stereocenters. The maximum Gasteiger partial charge on any atom is 0.273 e. The van der Waals surface area contributed by atoms with E-state index in [0.29, 0.717) is 25.5 Å². The van der Waals surface area contributed by atoms with E-state index in [1.54, 1.807) is 11.8 Å². The Bertz CT molecular complexity index is 1020. The van der Waals surface area contributed by atoms with Crippen molar-refractivity contribution >= 4 is 34.3 Å². The molecular formula is C20H25F2N7O2S. The van der Waals surface area contributed by atoms with E-state index in [2.05, 4.69) is 20.6 Å². The van der Waals surface area contributed by atoms with Gasteiger partial charge in [0.25, 0.3) is 5.91 Å². The summed E-state index contributed by atoms with van der Waals surface area (Å²) in [6.07, 6.45) is 1.01. The Morgan fingerprint density at radius 2 is 2.19 bits per heavy atom. The predicted molar refractivity (Wildman–Crippen MR) is 120 cm³/mol. The summed E-state index contributed by atoms with van der Waals surface area (Å²) in [5, 5.41) is 24.0. The van der Waals surface area contributed by atoms with Crippen molar-refractivity contribution < 1.29 is 18.7 Å². The van der Waals surface area contributed by atoms with E-state index in [-0.39, 0.29) is 27.8 Å². The van der Waals surface area contributed by atoms with Crippen molar-refractivity contribution in [2.24, 2.45) is 4.99 Å². The number of anilines is 1. The lowest BCUT2D eigenvalue weighted by molar-refractivity contribution is 0.0492. The number of rotatable bonds is 5. The van der Waals surface area contributed by atoms with Gasteiger partial charge >= 0.3 is 0 Å². The zero-order chi connectivity index (χ0) is 23.5. The van der Waals surface area contributed by atoms with Gasteiger partial charge < -0.3 is 31.8 Å². The lowest BCUT2D eigenvalue weighted by Gasteiger charge is -2.32. The number of carbonyl (C=O) groups excluding carboxylic acids is 1. The van der Waals surface area contributed by atoms with Gasteiger partial charge in [-0.15, -0.1) is 0 Å². The third kappa shape index (κ3) is 5.09. The summed E-state index contributed by atoms with van der Waals surface area (Å²) in [7, 11) is 1.53. The van der Waals surface area contributed by atoms with Crippen LogP contribution in [0.2, 0.25) is 0 Å². The van der Waals surface area contributed by atoms with Crippen LogP contribution < -0.4 is 16.4 Å². The first-order chi connectivity index (χ1) is 15.2. The van der Waals surface area contributed by atoms with Gasteiger partial charge in [-0.25, -0.2) is 13.8 Å². The molecule has 0 spiro atoms. The number of aromatic nitrogens is 1. The number of hydrogen-bond acceptors (Lipinski definition) is 8. The summed E-state index contributed by atoms with van der Waals surface area (Å²) in [6, 6.07) is 2.50. The highest BCUT2D eigenvalue weighted by Crippen LogP contribution is 2.33. The van der Waals surface area contributed by atoms with Gasteiger partial charge in [0.05, 0.1) is 11.2 Å². The quantitative estimate of drug-likeness (QED) is 0.331. The summed E-state index contributed by atoms with van der Waals surface area (Å²) in [5.41, 5.74) is 4.33. The minimum atomic E-state index is -1.03. The topological polar surface area (TPSA) is 140 Å². The largest absolute Gasteiger partial charge is 0.389 e. The molecule has 3 rings (SSSR count). The van der Waals surface area contributed by atoms with E-state index in [9.17, 15) is 18.7 Å². The van der Waals surface area contributed by atoms with Crippen molar-refractivity contribution in [1.29, 1.82) is 5.41 Å². The van der Waals surface area contributed by atoms with Gasteiger partial charge in [-0.3, -0.25) is 9.79 Å². The Labute approximate surface area is 187 Å². The smallest absolute Gasteiger partial charge is 0.273 e. The fourth-order valence-corrected chi connectivity index (χ4v) is 4.36. The highest BCUT2D eigenvalue weighted by molar-refractivity contribution is 7.19. The van der Waals surface area contributed by atoms with Crippen molar-refractivity contribution in [3.63, 3.8) is 0 Å². The van der Waals surface area contributed by atoms with Gasteiger partial charge in [0.15, 0.2) is 5.69 Å². The lowest BCUT2D eigenvalue weighted by Crippen LogP contribution is -2.53. The number of carbonyl (C=O) groups is 1. The molecule has 1 fully saturated rings. The van der Waals surface area contributed by atoms with Crippen LogP contribution in [0.3, 0.4) is 0 Å². The number of hydrogen-bond donors (Lipinski definition) is 5. The van der Waals surface area contributed by atoms with Crippen molar-refractivity contribution in [2.75, 3.05) is 39.0 Å². The third-order valence-electron chi connectivity index (χ3n) is 4.93. The van der Waals surface area contributed by atoms with Gasteiger partial charge in [0.2, 0.25) is 0 Å². The second kappa shape index (κ2) is 9.67. The zero-order valence-electron chi connectivity index (χ0n) is 17.7. The number of halogens is 2.